The van der Waals surface area contributed by atoms with Gasteiger partial charge in [-0.2, -0.15) is 0 Å². The van der Waals surface area contributed by atoms with Crippen LogP contribution in [-0.2, 0) is 14.7 Å². The minimum absolute atomic E-state index is 0.0575. The second-order valence-corrected chi connectivity index (χ2v) is 8.75. The highest BCUT2D eigenvalue weighted by Gasteiger charge is 2.53. The predicted octanol–water partition coefficient (Wildman–Crippen LogP) is 3.09. The van der Waals surface area contributed by atoms with Gasteiger partial charge in [0, 0.05) is 5.41 Å². The van der Waals surface area contributed by atoms with Gasteiger partial charge in [-0.25, -0.2) is 0 Å². The van der Waals surface area contributed by atoms with E-state index in [0.717, 1.165) is 10.9 Å². The smallest absolute Gasteiger partial charge is 0.399 e. The summed E-state index contributed by atoms with van der Waals surface area (Å²) >= 11 is 0. The molecule has 2 aromatic rings. The molecule has 25 heavy (non-hydrogen) atoms. The summed E-state index contributed by atoms with van der Waals surface area (Å²) < 4.78 is 12.7. The standard InChI is InChI=1S/C21H24B2O2/c1-19(2)14-10-8-7-9-13(14)17-15(19)11-12-16(22)18(17)23-24-20(3,4)21(5,6)25-23/h7-12H,1-6H3. The molecule has 1 fully saturated rings. The molecule has 2 nitrogen and oxygen atoms in total. The van der Waals surface area contributed by atoms with Crippen LogP contribution in [0.2, 0.25) is 0 Å². The van der Waals surface area contributed by atoms with Crippen LogP contribution < -0.4 is 10.9 Å². The molecule has 126 valence electrons. The number of hydrogen-bond donors (Lipinski definition) is 0. The molecule has 0 spiro atoms. The van der Waals surface area contributed by atoms with Crippen molar-refractivity contribution in [2.24, 2.45) is 0 Å². The Morgan fingerprint density at radius 2 is 1.40 bits per heavy atom. The maximum Gasteiger partial charge on any atom is 0.494 e. The van der Waals surface area contributed by atoms with Crippen LogP contribution in [0.5, 0.6) is 0 Å². The molecular formula is C21H24B2O2. The van der Waals surface area contributed by atoms with Gasteiger partial charge in [-0.15, -0.1) is 0 Å². The third-order valence-electron chi connectivity index (χ3n) is 6.31. The molecule has 2 aromatic carbocycles. The Labute approximate surface area is 152 Å². The number of rotatable bonds is 1. The monoisotopic (exact) mass is 330 g/mol. The molecule has 0 saturated carbocycles. The number of hydrogen-bond acceptors (Lipinski definition) is 2. The summed E-state index contributed by atoms with van der Waals surface area (Å²) in [4.78, 5) is 0. The Hall–Kier alpha value is -1.51. The highest BCUT2D eigenvalue weighted by molar-refractivity contribution is 6.69. The maximum atomic E-state index is 6.44. The lowest BCUT2D eigenvalue weighted by molar-refractivity contribution is 0.00578. The summed E-state index contributed by atoms with van der Waals surface area (Å²) in [6, 6.07) is 12.7. The Kier molecular flexibility index (Phi) is 3.40. The summed E-state index contributed by atoms with van der Waals surface area (Å²) in [6.07, 6.45) is 0. The summed E-state index contributed by atoms with van der Waals surface area (Å²) in [7, 11) is 5.98. The zero-order valence-electron chi connectivity index (χ0n) is 15.9. The first-order valence-electron chi connectivity index (χ1n) is 8.95. The number of fused-ring (bicyclic) bond motifs is 3. The first kappa shape index (κ1) is 16.9. The second kappa shape index (κ2) is 5.02. The Morgan fingerprint density at radius 1 is 0.800 bits per heavy atom. The van der Waals surface area contributed by atoms with E-state index in [2.05, 4.69) is 71.9 Å². The molecule has 2 radical (unpaired) electrons. The van der Waals surface area contributed by atoms with Crippen LogP contribution in [0.15, 0.2) is 36.4 Å². The molecule has 0 N–H and O–H groups in total. The van der Waals surface area contributed by atoms with E-state index in [0.29, 0.717) is 0 Å². The van der Waals surface area contributed by atoms with Crippen molar-refractivity contribution in [1.82, 2.24) is 0 Å². The lowest BCUT2D eigenvalue weighted by atomic mass is 9.66. The zero-order chi connectivity index (χ0) is 18.2. The molecular weight excluding hydrogens is 306 g/mol. The van der Waals surface area contributed by atoms with E-state index in [-0.39, 0.29) is 16.6 Å². The van der Waals surface area contributed by atoms with Gasteiger partial charge in [0.05, 0.1) is 11.2 Å². The molecule has 0 amide bonds. The zero-order valence-corrected chi connectivity index (χ0v) is 15.9. The van der Waals surface area contributed by atoms with E-state index in [1.165, 1.54) is 22.3 Å². The largest absolute Gasteiger partial charge is 0.494 e. The van der Waals surface area contributed by atoms with Crippen molar-refractivity contribution in [3.63, 3.8) is 0 Å². The topological polar surface area (TPSA) is 18.5 Å². The fourth-order valence-electron chi connectivity index (χ4n) is 4.05. The average Bonchev–Trinajstić information content (AvgIpc) is 2.87. The Bertz CT molecular complexity index is 852. The van der Waals surface area contributed by atoms with E-state index < -0.39 is 7.12 Å². The molecule has 0 unspecified atom stereocenters. The predicted molar refractivity (Wildman–Crippen MR) is 105 cm³/mol. The molecule has 2 aliphatic rings. The van der Waals surface area contributed by atoms with Crippen LogP contribution in [0.25, 0.3) is 11.1 Å². The van der Waals surface area contributed by atoms with Crippen molar-refractivity contribution in [2.45, 2.75) is 58.2 Å². The fraction of sp³-hybridized carbons (Fsp3) is 0.429. The van der Waals surface area contributed by atoms with Gasteiger partial charge < -0.3 is 9.31 Å². The van der Waals surface area contributed by atoms with Crippen molar-refractivity contribution in [3.05, 3.63) is 47.5 Å². The summed E-state index contributed by atoms with van der Waals surface area (Å²) in [5.74, 6) is 0. The van der Waals surface area contributed by atoms with Gasteiger partial charge in [0.25, 0.3) is 0 Å². The Balaban J connectivity index is 1.96. The molecule has 4 rings (SSSR count). The molecule has 4 heteroatoms. The van der Waals surface area contributed by atoms with Crippen LogP contribution in [0.4, 0.5) is 0 Å². The lowest BCUT2D eigenvalue weighted by Crippen LogP contribution is -2.45. The number of benzene rings is 2. The van der Waals surface area contributed by atoms with Gasteiger partial charge in [-0.3, -0.25) is 0 Å². The first-order valence-corrected chi connectivity index (χ1v) is 8.95. The van der Waals surface area contributed by atoms with Crippen LogP contribution in [0, 0.1) is 0 Å². The molecule has 1 aliphatic heterocycles. The maximum absolute atomic E-state index is 6.44. The molecule has 1 heterocycles. The van der Waals surface area contributed by atoms with Gasteiger partial charge in [0.15, 0.2) is 0 Å². The SMILES string of the molecule is [B]c1ccc2c(c1B1OC(C)(C)C(C)(C)O1)-c1ccccc1C2(C)C. The van der Waals surface area contributed by atoms with E-state index in [1.54, 1.807) is 0 Å². The third kappa shape index (κ3) is 2.20. The highest BCUT2D eigenvalue weighted by Crippen LogP contribution is 2.48. The van der Waals surface area contributed by atoms with E-state index in [9.17, 15) is 0 Å². The van der Waals surface area contributed by atoms with Crippen LogP contribution in [-0.4, -0.2) is 26.2 Å². The molecule has 0 atom stereocenters. The van der Waals surface area contributed by atoms with Gasteiger partial charge >= 0.3 is 7.12 Å². The van der Waals surface area contributed by atoms with Gasteiger partial charge in [-0.1, -0.05) is 55.7 Å². The van der Waals surface area contributed by atoms with E-state index in [1.807, 2.05) is 6.07 Å². The lowest BCUT2D eigenvalue weighted by Gasteiger charge is -2.32. The van der Waals surface area contributed by atoms with Crippen molar-refractivity contribution in [3.8, 4) is 11.1 Å². The van der Waals surface area contributed by atoms with Crippen molar-refractivity contribution >= 4 is 25.9 Å². The van der Waals surface area contributed by atoms with Crippen LogP contribution in [0.1, 0.15) is 52.7 Å². The minimum Gasteiger partial charge on any atom is -0.399 e. The van der Waals surface area contributed by atoms with Crippen molar-refractivity contribution in [1.29, 1.82) is 0 Å². The van der Waals surface area contributed by atoms with Gasteiger partial charge in [-0.05, 0) is 55.4 Å². The summed E-state index contributed by atoms with van der Waals surface area (Å²) in [6.45, 7) is 12.8. The van der Waals surface area contributed by atoms with E-state index in [4.69, 9.17) is 17.2 Å². The minimum atomic E-state index is -0.457. The van der Waals surface area contributed by atoms with Crippen LogP contribution >= 0.6 is 0 Å². The fourth-order valence-corrected chi connectivity index (χ4v) is 4.05. The summed E-state index contributed by atoms with van der Waals surface area (Å²) in [5, 5.41) is 0. The molecule has 1 saturated heterocycles. The molecule has 0 aromatic heterocycles. The average molecular weight is 330 g/mol. The van der Waals surface area contributed by atoms with Crippen molar-refractivity contribution in [2.75, 3.05) is 0 Å². The third-order valence-corrected chi connectivity index (χ3v) is 6.31. The van der Waals surface area contributed by atoms with E-state index >= 15 is 0 Å². The second-order valence-electron chi connectivity index (χ2n) is 8.75. The normalized spacial score (nSPS) is 21.9. The molecule has 0 bridgehead atoms. The Morgan fingerprint density at radius 3 is 2.04 bits per heavy atom. The van der Waals surface area contributed by atoms with Crippen LogP contribution in [0.3, 0.4) is 0 Å². The van der Waals surface area contributed by atoms with Gasteiger partial charge in [0.2, 0.25) is 0 Å². The van der Waals surface area contributed by atoms with Crippen molar-refractivity contribution < 1.29 is 9.31 Å². The quantitative estimate of drug-likeness (QED) is 0.748. The highest BCUT2D eigenvalue weighted by atomic mass is 16.7. The van der Waals surface area contributed by atoms with Gasteiger partial charge in [0.1, 0.15) is 7.85 Å². The first-order chi connectivity index (χ1) is 11.6. The molecule has 1 aliphatic carbocycles. The summed E-state index contributed by atoms with van der Waals surface area (Å²) in [5.41, 5.74) is 5.89.